The number of phenolic OH excluding ortho intramolecular Hbond substituents is 1. The second-order valence-corrected chi connectivity index (χ2v) is 11.3. The number of aromatic hydroxyl groups is 1. The van der Waals surface area contributed by atoms with Gasteiger partial charge in [0.1, 0.15) is 17.1 Å². The van der Waals surface area contributed by atoms with E-state index in [-0.39, 0.29) is 24.6 Å². The third-order valence-electron chi connectivity index (χ3n) is 8.00. The number of carboxylic acids is 1. The van der Waals surface area contributed by atoms with Gasteiger partial charge in [-0.05, 0) is 90.9 Å². The van der Waals surface area contributed by atoms with Crippen LogP contribution in [0.1, 0.15) is 94.6 Å². The number of aliphatic hydroxyl groups is 1. The number of carbonyl (C=O) groups excluding carboxylic acids is 1. The standard InChI is InChI=1S/C31H39NO6/c1-18(2)8-6-9-19(3)10-7-13-31(5)27(34)16-23-26(33)15-22-24(28(23)38-31)17-32(29(22)35)25-12-11-21(30(36)37)14-20(25)4/h8,10,14-15,27,33-34H,6-7,9,11-13,16-17H2,1-5H3,(H,36,37)/b19-10+. The highest BCUT2D eigenvalue weighted by molar-refractivity contribution is 6.01. The zero-order chi connectivity index (χ0) is 27.8. The minimum Gasteiger partial charge on any atom is -0.508 e. The Balaban J connectivity index is 1.57. The monoisotopic (exact) mass is 521 g/mol. The molecule has 0 bridgehead atoms. The molecule has 7 heteroatoms. The summed E-state index contributed by atoms with van der Waals surface area (Å²) < 4.78 is 6.48. The van der Waals surface area contributed by atoms with Gasteiger partial charge >= 0.3 is 5.97 Å². The number of aliphatic hydroxyl groups excluding tert-OH is 1. The highest BCUT2D eigenvalue weighted by Crippen LogP contribution is 2.47. The molecule has 0 saturated heterocycles. The number of allylic oxidation sites excluding steroid dienone is 7. The molecule has 0 fully saturated rings. The molecule has 0 saturated carbocycles. The number of fused-ring (bicyclic) bond motifs is 3. The molecule has 1 aromatic rings. The first-order valence-corrected chi connectivity index (χ1v) is 13.4. The predicted octanol–water partition coefficient (Wildman–Crippen LogP) is 5.95. The molecule has 2 atom stereocenters. The van der Waals surface area contributed by atoms with E-state index in [4.69, 9.17) is 4.74 Å². The Kier molecular flexibility index (Phi) is 7.88. The fourth-order valence-electron chi connectivity index (χ4n) is 5.60. The normalized spacial score (nSPS) is 23.1. The van der Waals surface area contributed by atoms with Crippen LogP contribution in [0.3, 0.4) is 0 Å². The molecule has 38 heavy (non-hydrogen) atoms. The van der Waals surface area contributed by atoms with Gasteiger partial charge in [-0.3, -0.25) is 4.79 Å². The van der Waals surface area contributed by atoms with E-state index in [1.165, 1.54) is 17.2 Å². The number of rotatable bonds is 8. The number of benzene rings is 1. The first-order chi connectivity index (χ1) is 17.9. The number of phenols is 1. The van der Waals surface area contributed by atoms with Gasteiger partial charge < -0.3 is 25.0 Å². The van der Waals surface area contributed by atoms with Crippen LogP contribution in [0.25, 0.3) is 0 Å². The molecule has 1 amide bonds. The number of hydrogen-bond acceptors (Lipinski definition) is 5. The topological polar surface area (TPSA) is 107 Å². The molecule has 0 aromatic heterocycles. The molecular weight excluding hydrogens is 482 g/mol. The van der Waals surface area contributed by atoms with Gasteiger partial charge in [-0.15, -0.1) is 0 Å². The van der Waals surface area contributed by atoms with Crippen molar-refractivity contribution in [2.45, 2.75) is 97.8 Å². The second-order valence-electron chi connectivity index (χ2n) is 11.3. The Morgan fingerprint density at radius 1 is 1.18 bits per heavy atom. The van der Waals surface area contributed by atoms with Crippen molar-refractivity contribution in [3.63, 3.8) is 0 Å². The second kappa shape index (κ2) is 10.8. The van der Waals surface area contributed by atoms with E-state index >= 15 is 0 Å². The zero-order valence-corrected chi connectivity index (χ0v) is 23.1. The van der Waals surface area contributed by atoms with Crippen LogP contribution in [0.4, 0.5) is 0 Å². The average Bonchev–Trinajstić information content (AvgIpc) is 3.16. The summed E-state index contributed by atoms with van der Waals surface area (Å²) in [5.41, 5.74) is 5.25. The minimum absolute atomic E-state index is 0.0486. The fourth-order valence-corrected chi connectivity index (χ4v) is 5.60. The van der Waals surface area contributed by atoms with Gasteiger partial charge in [-0.1, -0.05) is 23.3 Å². The Bertz CT molecular complexity index is 1280. The van der Waals surface area contributed by atoms with Crippen molar-refractivity contribution < 1.29 is 29.6 Å². The van der Waals surface area contributed by atoms with E-state index in [9.17, 15) is 24.9 Å². The first kappa shape index (κ1) is 27.7. The maximum Gasteiger partial charge on any atom is 0.331 e. The number of carbonyl (C=O) groups is 2. The van der Waals surface area contributed by atoms with Crippen LogP contribution < -0.4 is 4.74 Å². The third kappa shape index (κ3) is 5.44. The van der Waals surface area contributed by atoms with Crippen LogP contribution in [-0.2, 0) is 17.8 Å². The molecular formula is C31H39NO6. The molecule has 2 aliphatic heterocycles. The van der Waals surface area contributed by atoms with Gasteiger partial charge in [-0.2, -0.15) is 0 Å². The third-order valence-corrected chi connectivity index (χ3v) is 8.00. The summed E-state index contributed by atoms with van der Waals surface area (Å²) in [7, 11) is 0. The molecule has 4 rings (SSSR count). The largest absolute Gasteiger partial charge is 0.508 e. The fraction of sp³-hybridized carbons (Fsp3) is 0.484. The zero-order valence-electron chi connectivity index (χ0n) is 23.1. The summed E-state index contributed by atoms with van der Waals surface area (Å²) in [6, 6.07) is 1.48. The Labute approximate surface area is 224 Å². The molecule has 3 N–H and O–H groups in total. The van der Waals surface area contributed by atoms with E-state index in [0.717, 1.165) is 30.5 Å². The lowest BCUT2D eigenvalue weighted by Gasteiger charge is -2.41. The average molecular weight is 522 g/mol. The highest BCUT2D eigenvalue weighted by atomic mass is 16.5. The van der Waals surface area contributed by atoms with Crippen LogP contribution in [-0.4, -0.2) is 43.8 Å². The Morgan fingerprint density at radius 3 is 2.58 bits per heavy atom. The predicted molar refractivity (Wildman–Crippen MR) is 146 cm³/mol. The number of amides is 1. The molecule has 0 radical (unpaired) electrons. The van der Waals surface area contributed by atoms with E-state index < -0.39 is 17.7 Å². The van der Waals surface area contributed by atoms with Crippen molar-refractivity contribution >= 4 is 11.9 Å². The number of carboxylic acid groups (broad SMARTS) is 1. The van der Waals surface area contributed by atoms with Crippen molar-refractivity contribution in [2.24, 2.45) is 0 Å². The quantitative estimate of drug-likeness (QED) is 0.365. The summed E-state index contributed by atoms with van der Waals surface area (Å²) in [6.45, 7) is 10.3. The minimum atomic E-state index is -0.942. The van der Waals surface area contributed by atoms with Crippen molar-refractivity contribution in [1.29, 1.82) is 0 Å². The van der Waals surface area contributed by atoms with E-state index in [1.54, 1.807) is 11.0 Å². The number of aliphatic carboxylic acids is 1. The first-order valence-electron chi connectivity index (χ1n) is 13.4. The van der Waals surface area contributed by atoms with E-state index in [2.05, 4.69) is 32.9 Å². The number of nitrogens with zero attached hydrogens (tertiary/aromatic N) is 1. The van der Waals surface area contributed by atoms with Crippen LogP contribution in [0.15, 0.2) is 52.3 Å². The molecule has 2 unspecified atom stereocenters. The molecule has 0 spiro atoms. The van der Waals surface area contributed by atoms with Crippen molar-refractivity contribution in [3.8, 4) is 11.5 Å². The number of ether oxygens (including phenoxy) is 1. The SMILES string of the molecule is CC(C)=CCC/C(C)=C/CCC1(C)Oc2c(c(O)cc3c2CN(C2=C(C)C=C(C(=O)O)CC2)C3=O)CC1O. The molecule has 204 valence electrons. The van der Waals surface area contributed by atoms with E-state index in [0.29, 0.717) is 47.3 Å². The van der Waals surface area contributed by atoms with Crippen LogP contribution in [0.2, 0.25) is 0 Å². The summed E-state index contributed by atoms with van der Waals surface area (Å²) in [4.78, 5) is 26.5. The highest BCUT2D eigenvalue weighted by Gasteiger charge is 2.44. The molecule has 7 nitrogen and oxygen atoms in total. The van der Waals surface area contributed by atoms with Crippen molar-refractivity contribution in [2.75, 3.05) is 0 Å². The maximum absolute atomic E-state index is 13.4. The molecule has 1 aliphatic carbocycles. The van der Waals surface area contributed by atoms with E-state index in [1.807, 2.05) is 13.8 Å². The number of hydrogen-bond donors (Lipinski definition) is 3. The lowest BCUT2D eigenvalue weighted by atomic mass is 9.84. The summed E-state index contributed by atoms with van der Waals surface area (Å²) in [6.07, 6.45) is 9.66. The van der Waals surface area contributed by atoms with Gasteiger partial charge in [0.15, 0.2) is 0 Å². The van der Waals surface area contributed by atoms with Gasteiger partial charge in [-0.25, -0.2) is 4.79 Å². The summed E-state index contributed by atoms with van der Waals surface area (Å²) >= 11 is 0. The van der Waals surface area contributed by atoms with Gasteiger partial charge in [0, 0.05) is 28.8 Å². The maximum atomic E-state index is 13.4. The van der Waals surface area contributed by atoms with Crippen molar-refractivity contribution in [1.82, 2.24) is 4.90 Å². The van der Waals surface area contributed by atoms with Crippen LogP contribution in [0, 0.1) is 0 Å². The summed E-state index contributed by atoms with van der Waals surface area (Å²) in [5, 5.41) is 31.1. The smallest absolute Gasteiger partial charge is 0.331 e. The summed E-state index contributed by atoms with van der Waals surface area (Å²) in [5.74, 6) is -0.732. The molecule has 2 heterocycles. The van der Waals surface area contributed by atoms with Gasteiger partial charge in [0.25, 0.3) is 5.91 Å². The van der Waals surface area contributed by atoms with Crippen LogP contribution >= 0.6 is 0 Å². The molecule has 1 aromatic carbocycles. The molecule has 3 aliphatic rings. The lowest BCUT2D eigenvalue weighted by Crippen LogP contribution is -2.49. The van der Waals surface area contributed by atoms with Gasteiger partial charge in [0.05, 0.1) is 18.2 Å². The lowest BCUT2D eigenvalue weighted by molar-refractivity contribution is -0.132. The Morgan fingerprint density at radius 2 is 1.92 bits per heavy atom. The Hall–Kier alpha value is -3.32. The van der Waals surface area contributed by atoms with Gasteiger partial charge in [0.2, 0.25) is 0 Å². The van der Waals surface area contributed by atoms with Crippen LogP contribution in [0.5, 0.6) is 11.5 Å². The van der Waals surface area contributed by atoms with Crippen molar-refractivity contribution in [3.05, 3.63) is 69.0 Å².